The summed E-state index contributed by atoms with van der Waals surface area (Å²) in [5, 5.41) is 16.1. The summed E-state index contributed by atoms with van der Waals surface area (Å²) in [6.45, 7) is 0.288. The number of aliphatic carboxylic acids is 2. The van der Waals surface area contributed by atoms with Gasteiger partial charge >= 0.3 is 18.6 Å². The van der Waals surface area contributed by atoms with Gasteiger partial charge in [0.05, 0.1) is 0 Å². The van der Waals surface area contributed by atoms with Crippen molar-refractivity contribution in [2.45, 2.75) is 45.8 Å². The third kappa shape index (κ3) is 12.8. The molecule has 0 spiro atoms. The second-order valence-corrected chi connectivity index (χ2v) is 2.78. The fourth-order valence-corrected chi connectivity index (χ4v) is 0.667. The van der Waals surface area contributed by atoms with Gasteiger partial charge in [-0.15, -0.1) is 0 Å². The SMILES string of the molecule is CCC(OC(F)F)C(=O)O.CCCC(=O)O. The topological polar surface area (TPSA) is 83.8 Å². The molecule has 5 nitrogen and oxygen atoms in total. The van der Waals surface area contributed by atoms with E-state index in [1.54, 1.807) is 0 Å². The molecule has 0 heterocycles. The van der Waals surface area contributed by atoms with Crippen LogP contribution in [0.5, 0.6) is 0 Å². The number of carboxylic acid groups (broad SMARTS) is 2. The predicted octanol–water partition coefficient (Wildman–Crippen LogP) is 1.96. The maximum atomic E-state index is 11.3. The molecule has 0 radical (unpaired) electrons. The maximum absolute atomic E-state index is 11.3. The molecule has 16 heavy (non-hydrogen) atoms. The van der Waals surface area contributed by atoms with Gasteiger partial charge in [-0.05, 0) is 12.8 Å². The summed E-state index contributed by atoms with van der Waals surface area (Å²) in [6.07, 6.45) is -0.324. The summed E-state index contributed by atoms with van der Waals surface area (Å²) < 4.78 is 26.4. The normalized spacial score (nSPS) is 11.6. The molecule has 0 saturated heterocycles. The number of alkyl halides is 2. The summed E-state index contributed by atoms with van der Waals surface area (Å²) in [7, 11) is 0. The van der Waals surface area contributed by atoms with Crippen LogP contribution in [0.3, 0.4) is 0 Å². The lowest BCUT2D eigenvalue weighted by Gasteiger charge is -2.08. The smallest absolute Gasteiger partial charge is 0.346 e. The highest BCUT2D eigenvalue weighted by Gasteiger charge is 2.19. The van der Waals surface area contributed by atoms with Gasteiger partial charge in [0.25, 0.3) is 0 Å². The molecule has 0 bridgehead atoms. The summed E-state index contributed by atoms with van der Waals surface area (Å²) in [5.74, 6) is -2.07. The summed E-state index contributed by atoms with van der Waals surface area (Å²) in [4.78, 5) is 19.6. The second-order valence-electron chi connectivity index (χ2n) is 2.78. The van der Waals surface area contributed by atoms with E-state index in [4.69, 9.17) is 10.2 Å². The van der Waals surface area contributed by atoms with E-state index < -0.39 is 24.7 Å². The van der Waals surface area contributed by atoms with Gasteiger partial charge in [0.15, 0.2) is 6.10 Å². The fraction of sp³-hybridized carbons (Fsp3) is 0.778. The first kappa shape index (κ1) is 17.2. The van der Waals surface area contributed by atoms with Crippen LogP contribution in [0.25, 0.3) is 0 Å². The molecule has 7 heteroatoms. The number of ether oxygens (including phenoxy) is 1. The van der Waals surface area contributed by atoms with E-state index in [0.29, 0.717) is 6.42 Å². The molecule has 0 saturated carbocycles. The van der Waals surface area contributed by atoms with Crippen molar-refractivity contribution >= 4 is 11.9 Å². The van der Waals surface area contributed by atoms with Gasteiger partial charge < -0.3 is 14.9 Å². The highest BCUT2D eigenvalue weighted by molar-refractivity contribution is 5.72. The molecule has 0 amide bonds. The Kier molecular flexibility index (Phi) is 11.0. The Morgan fingerprint density at radius 1 is 1.25 bits per heavy atom. The van der Waals surface area contributed by atoms with E-state index in [1.165, 1.54) is 6.92 Å². The molecule has 1 unspecified atom stereocenters. The number of carboxylic acids is 2. The van der Waals surface area contributed by atoms with Gasteiger partial charge in [-0.3, -0.25) is 4.79 Å². The first-order chi connectivity index (χ1) is 7.34. The number of halogens is 2. The molecule has 0 fully saturated rings. The van der Waals surface area contributed by atoms with Crippen LogP contribution in [-0.2, 0) is 14.3 Å². The van der Waals surface area contributed by atoms with Crippen molar-refractivity contribution in [3.05, 3.63) is 0 Å². The largest absolute Gasteiger partial charge is 0.481 e. The Labute approximate surface area is 92.0 Å². The zero-order chi connectivity index (χ0) is 13.1. The van der Waals surface area contributed by atoms with Crippen molar-refractivity contribution in [3.8, 4) is 0 Å². The van der Waals surface area contributed by atoms with Crippen LogP contribution in [0, 0.1) is 0 Å². The number of carbonyl (C=O) groups is 2. The lowest BCUT2D eigenvalue weighted by atomic mass is 10.3. The van der Waals surface area contributed by atoms with Crippen LogP contribution >= 0.6 is 0 Å². The molecule has 0 aromatic carbocycles. The monoisotopic (exact) mass is 242 g/mol. The lowest BCUT2D eigenvalue weighted by molar-refractivity contribution is -0.187. The Morgan fingerprint density at radius 2 is 1.75 bits per heavy atom. The molecular weight excluding hydrogens is 226 g/mol. The summed E-state index contributed by atoms with van der Waals surface area (Å²) >= 11 is 0. The van der Waals surface area contributed by atoms with Crippen LogP contribution in [0.4, 0.5) is 8.78 Å². The minimum atomic E-state index is -3.01. The zero-order valence-corrected chi connectivity index (χ0v) is 9.15. The summed E-state index contributed by atoms with van der Waals surface area (Å²) in [6, 6.07) is 0. The summed E-state index contributed by atoms with van der Waals surface area (Å²) in [5.41, 5.74) is 0. The van der Waals surface area contributed by atoms with Crippen molar-refractivity contribution < 1.29 is 33.3 Å². The average molecular weight is 242 g/mol. The number of hydrogen-bond donors (Lipinski definition) is 2. The van der Waals surface area contributed by atoms with Crippen molar-refractivity contribution in [1.29, 1.82) is 0 Å². The van der Waals surface area contributed by atoms with Crippen LogP contribution in [-0.4, -0.2) is 34.9 Å². The van der Waals surface area contributed by atoms with Gasteiger partial charge in [-0.2, -0.15) is 8.78 Å². The van der Waals surface area contributed by atoms with E-state index in [2.05, 4.69) is 4.74 Å². The Balaban J connectivity index is 0. The molecule has 1 atom stereocenters. The fourth-order valence-electron chi connectivity index (χ4n) is 0.667. The van der Waals surface area contributed by atoms with E-state index in [0.717, 1.165) is 6.42 Å². The first-order valence-electron chi connectivity index (χ1n) is 4.73. The zero-order valence-electron chi connectivity index (χ0n) is 9.15. The van der Waals surface area contributed by atoms with Gasteiger partial charge in [0.2, 0.25) is 0 Å². The minimum Gasteiger partial charge on any atom is -0.481 e. The molecule has 0 rings (SSSR count). The van der Waals surface area contributed by atoms with Crippen molar-refractivity contribution in [1.82, 2.24) is 0 Å². The van der Waals surface area contributed by atoms with Crippen LogP contribution < -0.4 is 0 Å². The Bertz CT molecular complexity index is 208. The third-order valence-corrected chi connectivity index (χ3v) is 1.38. The van der Waals surface area contributed by atoms with Crippen molar-refractivity contribution in [2.75, 3.05) is 0 Å². The molecule has 2 N–H and O–H groups in total. The average Bonchev–Trinajstić information content (AvgIpc) is 2.14. The van der Waals surface area contributed by atoms with Crippen molar-refractivity contribution in [2.24, 2.45) is 0 Å². The third-order valence-electron chi connectivity index (χ3n) is 1.38. The van der Waals surface area contributed by atoms with Crippen LogP contribution in [0.15, 0.2) is 0 Å². The number of rotatable bonds is 6. The minimum absolute atomic E-state index is 0.0413. The van der Waals surface area contributed by atoms with Gasteiger partial charge in [-0.1, -0.05) is 13.8 Å². The van der Waals surface area contributed by atoms with Gasteiger partial charge in [0.1, 0.15) is 0 Å². The van der Waals surface area contributed by atoms with E-state index >= 15 is 0 Å². The molecule has 0 aliphatic rings. The van der Waals surface area contributed by atoms with Gasteiger partial charge in [0, 0.05) is 6.42 Å². The quantitative estimate of drug-likeness (QED) is 0.743. The molecule has 0 aromatic rings. The van der Waals surface area contributed by atoms with Gasteiger partial charge in [-0.25, -0.2) is 4.79 Å². The highest BCUT2D eigenvalue weighted by atomic mass is 19.3. The number of hydrogen-bond acceptors (Lipinski definition) is 3. The maximum Gasteiger partial charge on any atom is 0.346 e. The molecule has 0 aromatic heterocycles. The highest BCUT2D eigenvalue weighted by Crippen LogP contribution is 2.04. The molecule has 0 aliphatic carbocycles. The van der Waals surface area contributed by atoms with E-state index in [1.807, 2.05) is 6.92 Å². The van der Waals surface area contributed by atoms with Crippen LogP contribution in [0.1, 0.15) is 33.1 Å². The molecule has 0 aliphatic heterocycles. The Morgan fingerprint density at radius 3 is 1.81 bits per heavy atom. The predicted molar refractivity (Wildman–Crippen MR) is 51.3 cm³/mol. The second kappa shape index (κ2) is 10.3. The van der Waals surface area contributed by atoms with Crippen LogP contribution in [0.2, 0.25) is 0 Å². The molecule has 96 valence electrons. The van der Waals surface area contributed by atoms with Crippen molar-refractivity contribution in [3.63, 3.8) is 0 Å². The first-order valence-corrected chi connectivity index (χ1v) is 4.73. The van der Waals surface area contributed by atoms with E-state index in [-0.39, 0.29) is 6.42 Å². The molecular formula is C9H16F2O5. The standard InChI is InChI=1S/C5H8F2O3.C4H8O2/c1-2-3(4(8)9)10-5(6)7;1-2-3-4(5)6/h3,5H,2H2,1H3,(H,8,9);2-3H2,1H3,(H,5,6). The Hall–Kier alpha value is -1.24. The lowest BCUT2D eigenvalue weighted by Crippen LogP contribution is -2.24. The van der Waals surface area contributed by atoms with E-state index in [9.17, 15) is 18.4 Å².